The predicted molar refractivity (Wildman–Crippen MR) is 81.5 cm³/mol. The average Bonchev–Trinajstić information content (AvgIpc) is 2.53. The van der Waals surface area contributed by atoms with Crippen LogP contribution in [0.2, 0.25) is 0 Å². The molecule has 104 valence electrons. The standard InChI is InChI=1S/C17H21N3/c18-13-17-16-4-2-1-3-15(16)8-12-20(17)11-7-14-5-9-19-10-6-14/h1-6,9-10,17H,7-8,11-13,18H2. The second kappa shape index (κ2) is 6.16. The molecular weight excluding hydrogens is 246 g/mol. The monoisotopic (exact) mass is 267 g/mol. The summed E-state index contributed by atoms with van der Waals surface area (Å²) in [7, 11) is 0. The molecule has 2 heterocycles. The molecule has 1 unspecified atom stereocenters. The van der Waals surface area contributed by atoms with E-state index in [1.165, 1.54) is 16.7 Å². The molecule has 0 spiro atoms. The number of nitrogens with zero attached hydrogens (tertiary/aromatic N) is 2. The Labute approximate surface area is 120 Å². The van der Waals surface area contributed by atoms with Crippen molar-refractivity contribution in [3.63, 3.8) is 0 Å². The Morgan fingerprint density at radius 2 is 1.95 bits per heavy atom. The molecule has 3 rings (SSSR count). The molecule has 2 aromatic rings. The minimum absolute atomic E-state index is 0.363. The summed E-state index contributed by atoms with van der Waals surface area (Å²) < 4.78 is 0. The van der Waals surface area contributed by atoms with E-state index in [1.54, 1.807) is 0 Å². The number of pyridine rings is 1. The van der Waals surface area contributed by atoms with E-state index < -0.39 is 0 Å². The fraction of sp³-hybridized carbons (Fsp3) is 0.353. The zero-order chi connectivity index (χ0) is 13.8. The lowest BCUT2D eigenvalue weighted by Gasteiger charge is -2.36. The summed E-state index contributed by atoms with van der Waals surface area (Å²) in [5, 5.41) is 0. The van der Waals surface area contributed by atoms with E-state index in [2.05, 4.69) is 46.3 Å². The van der Waals surface area contributed by atoms with Gasteiger partial charge in [0.1, 0.15) is 0 Å². The van der Waals surface area contributed by atoms with Gasteiger partial charge in [-0.2, -0.15) is 0 Å². The van der Waals surface area contributed by atoms with Crippen molar-refractivity contribution in [2.24, 2.45) is 5.73 Å². The highest BCUT2D eigenvalue weighted by Gasteiger charge is 2.25. The van der Waals surface area contributed by atoms with E-state index in [4.69, 9.17) is 5.73 Å². The fourth-order valence-corrected chi connectivity index (χ4v) is 3.07. The van der Waals surface area contributed by atoms with Crippen LogP contribution in [0.3, 0.4) is 0 Å². The van der Waals surface area contributed by atoms with Gasteiger partial charge in [-0.3, -0.25) is 9.88 Å². The number of hydrogen-bond donors (Lipinski definition) is 1. The highest BCUT2D eigenvalue weighted by Crippen LogP contribution is 2.28. The van der Waals surface area contributed by atoms with Gasteiger partial charge in [-0.05, 0) is 41.7 Å². The van der Waals surface area contributed by atoms with E-state index >= 15 is 0 Å². The van der Waals surface area contributed by atoms with E-state index in [-0.39, 0.29) is 0 Å². The molecular formula is C17H21N3. The second-order valence-electron chi connectivity index (χ2n) is 5.34. The van der Waals surface area contributed by atoms with Gasteiger partial charge < -0.3 is 5.73 Å². The second-order valence-corrected chi connectivity index (χ2v) is 5.34. The van der Waals surface area contributed by atoms with E-state index in [9.17, 15) is 0 Å². The summed E-state index contributed by atoms with van der Waals surface area (Å²) in [4.78, 5) is 6.58. The molecule has 3 nitrogen and oxygen atoms in total. The van der Waals surface area contributed by atoms with Crippen LogP contribution in [0, 0.1) is 0 Å². The third-order valence-corrected chi connectivity index (χ3v) is 4.18. The lowest BCUT2D eigenvalue weighted by molar-refractivity contribution is 0.192. The van der Waals surface area contributed by atoms with Crippen molar-refractivity contribution in [2.75, 3.05) is 19.6 Å². The first-order chi connectivity index (χ1) is 9.88. The normalized spacial score (nSPS) is 18.8. The van der Waals surface area contributed by atoms with Gasteiger partial charge in [-0.15, -0.1) is 0 Å². The van der Waals surface area contributed by atoms with Crippen molar-refractivity contribution in [3.05, 3.63) is 65.5 Å². The third-order valence-electron chi connectivity index (χ3n) is 4.18. The average molecular weight is 267 g/mol. The Morgan fingerprint density at radius 1 is 1.15 bits per heavy atom. The molecule has 1 atom stereocenters. The molecule has 20 heavy (non-hydrogen) atoms. The molecule has 1 aromatic heterocycles. The molecule has 0 radical (unpaired) electrons. The maximum Gasteiger partial charge on any atom is 0.0473 e. The SMILES string of the molecule is NCC1c2ccccc2CCN1CCc1ccncc1. The van der Waals surface area contributed by atoms with Gasteiger partial charge >= 0.3 is 0 Å². The highest BCUT2D eigenvalue weighted by atomic mass is 15.2. The Morgan fingerprint density at radius 3 is 2.75 bits per heavy atom. The summed E-state index contributed by atoms with van der Waals surface area (Å²) in [5.74, 6) is 0. The van der Waals surface area contributed by atoms with Crippen LogP contribution in [0.1, 0.15) is 22.7 Å². The minimum atomic E-state index is 0.363. The van der Waals surface area contributed by atoms with E-state index in [0.717, 1.165) is 25.9 Å². The van der Waals surface area contributed by atoms with Gasteiger partial charge in [0.05, 0.1) is 0 Å². The summed E-state index contributed by atoms with van der Waals surface area (Å²) in [5.41, 5.74) is 10.2. The molecule has 1 aliphatic heterocycles. The number of fused-ring (bicyclic) bond motifs is 1. The molecule has 3 heteroatoms. The molecule has 0 bridgehead atoms. The summed E-state index contributed by atoms with van der Waals surface area (Å²) in [6.07, 6.45) is 5.91. The van der Waals surface area contributed by atoms with Crippen molar-refractivity contribution < 1.29 is 0 Å². The molecule has 2 N–H and O–H groups in total. The number of nitrogens with two attached hydrogens (primary N) is 1. The minimum Gasteiger partial charge on any atom is -0.329 e. The first-order valence-electron chi connectivity index (χ1n) is 7.29. The number of aromatic nitrogens is 1. The molecule has 0 aliphatic carbocycles. The smallest absolute Gasteiger partial charge is 0.0473 e. The predicted octanol–water partition coefficient (Wildman–Crippen LogP) is 2.18. The van der Waals surface area contributed by atoms with Crippen LogP contribution in [0.5, 0.6) is 0 Å². The largest absolute Gasteiger partial charge is 0.329 e. The van der Waals surface area contributed by atoms with Gasteiger partial charge in [-0.1, -0.05) is 24.3 Å². The lowest BCUT2D eigenvalue weighted by atomic mass is 9.92. The van der Waals surface area contributed by atoms with E-state index in [1.807, 2.05) is 12.4 Å². The lowest BCUT2D eigenvalue weighted by Crippen LogP contribution is -2.40. The van der Waals surface area contributed by atoms with Crippen molar-refractivity contribution in [2.45, 2.75) is 18.9 Å². The number of benzene rings is 1. The quantitative estimate of drug-likeness (QED) is 0.923. The van der Waals surface area contributed by atoms with Crippen molar-refractivity contribution in [1.29, 1.82) is 0 Å². The first kappa shape index (κ1) is 13.3. The zero-order valence-corrected chi connectivity index (χ0v) is 11.7. The molecule has 0 amide bonds. The van der Waals surface area contributed by atoms with Crippen LogP contribution in [-0.4, -0.2) is 29.5 Å². The number of hydrogen-bond acceptors (Lipinski definition) is 3. The summed E-state index contributed by atoms with van der Waals surface area (Å²) in [6, 6.07) is 13.3. The van der Waals surface area contributed by atoms with Crippen LogP contribution >= 0.6 is 0 Å². The Bertz CT molecular complexity index is 553. The van der Waals surface area contributed by atoms with E-state index in [0.29, 0.717) is 12.6 Å². The highest BCUT2D eigenvalue weighted by molar-refractivity contribution is 5.32. The van der Waals surface area contributed by atoms with Gasteiger partial charge in [0.25, 0.3) is 0 Å². The van der Waals surface area contributed by atoms with Crippen LogP contribution in [0.25, 0.3) is 0 Å². The summed E-state index contributed by atoms with van der Waals surface area (Å²) in [6.45, 7) is 2.84. The number of rotatable bonds is 4. The first-order valence-corrected chi connectivity index (χ1v) is 7.29. The topological polar surface area (TPSA) is 42.1 Å². The Kier molecular flexibility index (Phi) is 4.09. The van der Waals surface area contributed by atoms with Crippen molar-refractivity contribution in [1.82, 2.24) is 9.88 Å². The van der Waals surface area contributed by atoms with Crippen LogP contribution in [0.4, 0.5) is 0 Å². The van der Waals surface area contributed by atoms with Crippen LogP contribution in [0.15, 0.2) is 48.8 Å². The van der Waals surface area contributed by atoms with Gasteiger partial charge in [-0.25, -0.2) is 0 Å². The molecule has 0 saturated carbocycles. The zero-order valence-electron chi connectivity index (χ0n) is 11.7. The molecule has 0 fully saturated rings. The van der Waals surface area contributed by atoms with Gasteiger partial charge in [0.15, 0.2) is 0 Å². The Balaban J connectivity index is 1.71. The van der Waals surface area contributed by atoms with Crippen LogP contribution < -0.4 is 5.73 Å². The van der Waals surface area contributed by atoms with Crippen molar-refractivity contribution >= 4 is 0 Å². The maximum atomic E-state index is 6.03. The van der Waals surface area contributed by atoms with Gasteiger partial charge in [0.2, 0.25) is 0 Å². The summed E-state index contributed by atoms with van der Waals surface area (Å²) >= 11 is 0. The fourth-order valence-electron chi connectivity index (χ4n) is 3.07. The van der Waals surface area contributed by atoms with Crippen LogP contribution in [-0.2, 0) is 12.8 Å². The molecule has 1 aromatic carbocycles. The third kappa shape index (κ3) is 2.74. The molecule has 0 saturated heterocycles. The molecule has 1 aliphatic rings. The maximum absolute atomic E-state index is 6.03. The van der Waals surface area contributed by atoms with Gasteiger partial charge in [0, 0.05) is 38.1 Å². The Hall–Kier alpha value is -1.71. The van der Waals surface area contributed by atoms with Crippen molar-refractivity contribution in [3.8, 4) is 0 Å².